The summed E-state index contributed by atoms with van der Waals surface area (Å²) in [7, 11) is 0. The molecular weight excluding hydrogens is 264 g/mol. The van der Waals surface area contributed by atoms with E-state index in [1.807, 2.05) is 18.2 Å². The van der Waals surface area contributed by atoms with Gasteiger partial charge in [0, 0.05) is 22.3 Å². The molecule has 0 aliphatic rings. The molecule has 0 fully saturated rings. The van der Waals surface area contributed by atoms with Crippen LogP contribution in [0, 0.1) is 0 Å². The molecule has 0 saturated carbocycles. The number of furan rings is 1. The molecule has 0 aliphatic heterocycles. The monoisotopic (exact) mass is 274 g/mol. The highest BCUT2D eigenvalue weighted by atomic mass is 35.5. The zero-order chi connectivity index (χ0) is 13.2. The van der Waals surface area contributed by atoms with Crippen LogP contribution in [0.3, 0.4) is 0 Å². The molecule has 0 spiro atoms. The molecule has 2 aromatic heterocycles. The summed E-state index contributed by atoms with van der Waals surface area (Å²) in [6, 6.07) is 9.16. The normalized spacial score (nSPS) is 10.8. The van der Waals surface area contributed by atoms with E-state index < -0.39 is 0 Å². The van der Waals surface area contributed by atoms with Gasteiger partial charge in [-0.15, -0.1) is 0 Å². The van der Waals surface area contributed by atoms with Crippen LogP contribution in [-0.2, 0) is 6.61 Å². The van der Waals surface area contributed by atoms with E-state index in [9.17, 15) is 5.11 Å². The molecule has 0 atom stereocenters. The van der Waals surface area contributed by atoms with Gasteiger partial charge in [-0.05, 0) is 30.3 Å². The second-order valence-corrected chi connectivity index (χ2v) is 4.53. The molecule has 0 aliphatic carbocycles. The zero-order valence-electron chi connectivity index (χ0n) is 9.95. The quantitative estimate of drug-likeness (QED) is 0.797. The number of halogens is 1. The Morgan fingerprint density at radius 1 is 1.21 bits per heavy atom. The highest BCUT2D eigenvalue weighted by Crippen LogP contribution is 2.24. The van der Waals surface area contributed by atoms with E-state index in [2.05, 4.69) is 5.10 Å². The number of aromatic nitrogens is 2. The molecule has 5 heteroatoms. The zero-order valence-corrected chi connectivity index (χ0v) is 10.7. The molecule has 19 heavy (non-hydrogen) atoms. The topological polar surface area (TPSA) is 51.2 Å². The number of rotatable bonds is 3. The summed E-state index contributed by atoms with van der Waals surface area (Å²) in [6.07, 6.45) is 4.98. The Hall–Kier alpha value is -2.04. The average Bonchev–Trinajstić information content (AvgIpc) is 3.08. The van der Waals surface area contributed by atoms with Gasteiger partial charge in [0.1, 0.15) is 5.69 Å². The molecule has 3 aromatic rings. The minimum atomic E-state index is -0.0753. The summed E-state index contributed by atoms with van der Waals surface area (Å²) in [4.78, 5) is 0. The van der Waals surface area contributed by atoms with Gasteiger partial charge >= 0.3 is 0 Å². The Balaban J connectivity index is 2.07. The maximum absolute atomic E-state index is 9.42. The van der Waals surface area contributed by atoms with Crippen molar-refractivity contribution in [2.45, 2.75) is 6.61 Å². The maximum atomic E-state index is 9.42. The fraction of sp³-hybridized carbons (Fsp3) is 0.0714. The molecule has 0 amide bonds. The largest absolute Gasteiger partial charge is 0.472 e. The molecule has 0 unspecified atom stereocenters. The van der Waals surface area contributed by atoms with E-state index in [1.54, 1.807) is 35.5 Å². The number of aliphatic hydroxyl groups excluding tert-OH is 1. The van der Waals surface area contributed by atoms with E-state index >= 15 is 0 Å². The predicted octanol–water partition coefficient (Wildman–Crippen LogP) is 3.28. The van der Waals surface area contributed by atoms with Crippen LogP contribution in [0.25, 0.3) is 16.9 Å². The van der Waals surface area contributed by atoms with Gasteiger partial charge in [-0.2, -0.15) is 5.10 Å². The van der Waals surface area contributed by atoms with Crippen molar-refractivity contribution in [3.8, 4) is 16.9 Å². The van der Waals surface area contributed by atoms with Crippen molar-refractivity contribution >= 4 is 11.6 Å². The lowest BCUT2D eigenvalue weighted by molar-refractivity contribution is 0.282. The third kappa shape index (κ3) is 2.28. The van der Waals surface area contributed by atoms with Crippen LogP contribution in [0.1, 0.15) is 5.56 Å². The van der Waals surface area contributed by atoms with E-state index in [4.69, 9.17) is 16.0 Å². The SMILES string of the molecule is OCc1cn(-c2ccc(Cl)cc2)nc1-c1ccoc1. The number of nitrogens with zero attached hydrogens (tertiary/aromatic N) is 2. The summed E-state index contributed by atoms with van der Waals surface area (Å²) >= 11 is 5.86. The van der Waals surface area contributed by atoms with Gasteiger partial charge < -0.3 is 9.52 Å². The second-order valence-electron chi connectivity index (χ2n) is 4.09. The molecule has 3 rings (SSSR count). The minimum absolute atomic E-state index is 0.0753. The van der Waals surface area contributed by atoms with Crippen LogP contribution in [0.15, 0.2) is 53.5 Å². The summed E-state index contributed by atoms with van der Waals surface area (Å²) < 4.78 is 6.76. The van der Waals surface area contributed by atoms with Crippen molar-refractivity contribution in [3.63, 3.8) is 0 Å². The summed E-state index contributed by atoms with van der Waals surface area (Å²) in [5.41, 5.74) is 3.19. The molecule has 1 N–H and O–H groups in total. The van der Waals surface area contributed by atoms with Crippen molar-refractivity contribution in [1.29, 1.82) is 0 Å². The van der Waals surface area contributed by atoms with Gasteiger partial charge in [0.25, 0.3) is 0 Å². The molecule has 0 radical (unpaired) electrons. The van der Waals surface area contributed by atoms with Crippen LogP contribution < -0.4 is 0 Å². The Morgan fingerprint density at radius 3 is 2.63 bits per heavy atom. The number of hydrogen-bond acceptors (Lipinski definition) is 3. The summed E-state index contributed by atoms with van der Waals surface area (Å²) in [5.74, 6) is 0. The molecule has 0 saturated heterocycles. The predicted molar refractivity (Wildman–Crippen MR) is 72.2 cm³/mol. The van der Waals surface area contributed by atoms with Gasteiger partial charge in [-0.25, -0.2) is 4.68 Å². The van der Waals surface area contributed by atoms with Crippen LogP contribution in [-0.4, -0.2) is 14.9 Å². The van der Waals surface area contributed by atoms with Crippen LogP contribution >= 0.6 is 11.6 Å². The molecule has 2 heterocycles. The third-order valence-corrected chi connectivity index (χ3v) is 3.10. The minimum Gasteiger partial charge on any atom is -0.472 e. The highest BCUT2D eigenvalue weighted by molar-refractivity contribution is 6.30. The Labute approximate surface area is 114 Å². The van der Waals surface area contributed by atoms with E-state index in [-0.39, 0.29) is 6.61 Å². The lowest BCUT2D eigenvalue weighted by Gasteiger charge is -2.00. The van der Waals surface area contributed by atoms with Gasteiger partial charge in [0.15, 0.2) is 0 Å². The van der Waals surface area contributed by atoms with Crippen molar-refractivity contribution in [3.05, 3.63) is 59.6 Å². The smallest absolute Gasteiger partial charge is 0.101 e. The lowest BCUT2D eigenvalue weighted by atomic mass is 10.2. The first kappa shape index (κ1) is 12.0. The second kappa shape index (κ2) is 4.91. The van der Waals surface area contributed by atoms with Crippen molar-refractivity contribution in [2.75, 3.05) is 0 Å². The summed E-state index contributed by atoms with van der Waals surface area (Å²) in [6.45, 7) is -0.0753. The Kier molecular flexibility index (Phi) is 3.11. The fourth-order valence-corrected chi connectivity index (χ4v) is 2.02. The van der Waals surface area contributed by atoms with E-state index in [1.165, 1.54) is 0 Å². The van der Waals surface area contributed by atoms with Gasteiger partial charge in [0.05, 0.1) is 24.8 Å². The van der Waals surface area contributed by atoms with Gasteiger partial charge in [0.2, 0.25) is 0 Å². The van der Waals surface area contributed by atoms with E-state index in [0.29, 0.717) is 10.7 Å². The molecular formula is C14H11ClN2O2. The van der Waals surface area contributed by atoms with Crippen molar-refractivity contribution < 1.29 is 9.52 Å². The van der Waals surface area contributed by atoms with Crippen molar-refractivity contribution in [1.82, 2.24) is 9.78 Å². The summed E-state index contributed by atoms with van der Waals surface area (Å²) in [5, 5.41) is 14.6. The number of benzene rings is 1. The third-order valence-electron chi connectivity index (χ3n) is 2.85. The molecule has 96 valence electrons. The Bertz CT molecular complexity index is 672. The first-order valence-electron chi connectivity index (χ1n) is 5.76. The average molecular weight is 275 g/mol. The number of hydrogen-bond donors (Lipinski definition) is 1. The first-order chi connectivity index (χ1) is 9.28. The van der Waals surface area contributed by atoms with Gasteiger partial charge in [-0.1, -0.05) is 11.6 Å². The number of aliphatic hydroxyl groups is 1. The maximum Gasteiger partial charge on any atom is 0.101 e. The lowest BCUT2D eigenvalue weighted by Crippen LogP contribution is -1.93. The molecule has 0 bridgehead atoms. The van der Waals surface area contributed by atoms with Crippen molar-refractivity contribution in [2.24, 2.45) is 0 Å². The van der Waals surface area contributed by atoms with Crippen LogP contribution in [0.5, 0.6) is 0 Å². The highest BCUT2D eigenvalue weighted by Gasteiger charge is 2.12. The first-order valence-corrected chi connectivity index (χ1v) is 6.13. The van der Waals surface area contributed by atoms with Crippen LogP contribution in [0.2, 0.25) is 5.02 Å². The van der Waals surface area contributed by atoms with Crippen LogP contribution in [0.4, 0.5) is 0 Å². The molecule has 1 aromatic carbocycles. The Morgan fingerprint density at radius 2 is 2.00 bits per heavy atom. The fourth-order valence-electron chi connectivity index (χ4n) is 1.89. The van der Waals surface area contributed by atoms with Gasteiger partial charge in [-0.3, -0.25) is 0 Å². The standard InChI is InChI=1S/C14H11ClN2O2/c15-12-1-3-13(4-2-12)17-7-11(8-18)14(16-17)10-5-6-19-9-10/h1-7,9,18H,8H2. The molecule has 4 nitrogen and oxygen atoms in total. The van der Waals surface area contributed by atoms with E-state index in [0.717, 1.165) is 16.8 Å².